The Kier molecular flexibility index (Phi) is 4.38. The summed E-state index contributed by atoms with van der Waals surface area (Å²) < 4.78 is 6.74. The van der Waals surface area contributed by atoms with Crippen molar-refractivity contribution in [3.8, 4) is 22.7 Å². The van der Waals surface area contributed by atoms with Gasteiger partial charge in [-0.25, -0.2) is 15.5 Å². The molecule has 0 spiro atoms. The zero-order chi connectivity index (χ0) is 19.7. The number of ether oxygens (including phenoxy) is 1. The fourth-order valence-electron chi connectivity index (χ4n) is 3.04. The van der Waals surface area contributed by atoms with Gasteiger partial charge in [0, 0.05) is 11.6 Å². The van der Waals surface area contributed by atoms with Gasteiger partial charge in [0.2, 0.25) is 0 Å². The van der Waals surface area contributed by atoms with Gasteiger partial charge in [-0.2, -0.15) is 5.10 Å². The van der Waals surface area contributed by atoms with Crippen LogP contribution in [0.1, 0.15) is 10.5 Å². The van der Waals surface area contributed by atoms with Crippen LogP contribution in [0.3, 0.4) is 0 Å². The molecular formula is C20H18N6O2. The molecule has 28 heavy (non-hydrogen) atoms. The van der Waals surface area contributed by atoms with Gasteiger partial charge < -0.3 is 10.5 Å². The number of anilines is 1. The van der Waals surface area contributed by atoms with Crippen molar-refractivity contribution in [2.45, 2.75) is 0 Å². The molecule has 2 aromatic carbocycles. The zero-order valence-electron chi connectivity index (χ0n) is 15.1. The fraction of sp³-hybridized carbons (Fsp3) is 0.0500. The summed E-state index contributed by atoms with van der Waals surface area (Å²) in [5.74, 6) is 5.52. The van der Waals surface area contributed by atoms with Crippen LogP contribution in [0.2, 0.25) is 0 Å². The molecule has 4 rings (SSSR count). The van der Waals surface area contributed by atoms with Gasteiger partial charge in [0.15, 0.2) is 5.69 Å². The van der Waals surface area contributed by atoms with E-state index in [9.17, 15) is 4.79 Å². The monoisotopic (exact) mass is 374 g/mol. The third-order valence-corrected chi connectivity index (χ3v) is 4.37. The standard InChI is InChI=1S/C20H18N6O2/c1-28-14-9-5-8-13(10-14)26-19(20(27)24-22)18-17(25-26)15(21)11-16(23-18)12-6-3-2-4-7-12/h2-11H,21-22H2,1H3,(H,24,27). The number of rotatable bonds is 4. The van der Waals surface area contributed by atoms with E-state index in [1.165, 1.54) is 4.68 Å². The number of fused-ring (bicyclic) bond motifs is 1. The summed E-state index contributed by atoms with van der Waals surface area (Å²) in [6, 6.07) is 18.5. The molecule has 4 aromatic rings. The second-order valence-electron chi connectivity index (χ2n) is 6.10. The van der Waals surface area contributed by atoms with E-state index in [0.29, 0.717) is 33.9 Å². The highest BCUT2D eigenvalue weighted by Gasteiger charge is 2.23. The van der Waals surface area contributed by atoms with Gasteiger partial charge in [0.25, 0.3) is 5.91 Å². The van der Waals surface area contributed by atoms with Crippen molar-refractivity contribution >= 4 is 22.6 Å². The summed E-state index contributed by atoms with van der Waals surface area (Å²) in [5, 5.41) is 4.52. The number of hydrogen-bond acceptors (Lipinski definition) is 6. The number of nitrogens with two attached hydrogens (primary N) is 2. The van der Waals surface area contributed by atoms with Crippen molar-refractivity contribution in [2.24, 2.45) is 5.84 Å². The fourth-order valence-corrected chi connectivity index (χ4v) is 3.04. The number of nitrogen functional groups attached to an aromatic ring is 2. The summed E-state index contributed by atoms with van der Waals surface area (Å²) in [5.41, 5.74) is 11.9. The van der Waals surface area contributed by atoms with Crippen LogP contribution in [-0.4, -0.2) is 27.8 Å². The first-order valence-corrected chi connectivity index (χ1v) is 8.52. The van der Waals surface area contributed by atoms with Crippen LogP contribution in [0.5, 0.6) is 5.75 Å². The Labute approximate surface area is 160 Å². The number of pyridine rings is 1. The first kappa shape index (κ1) is 17.5. The molecule has 0 atom stereocenters. The lowest BCUT2D eigenvalue weighted by atomic mass is 10.1. The number of carbonyl (C=O) groups excluding carboxylic acids is 1. The summed E-state index contributed by atoms with van der Waals surface area (Å²) in [6.07, 6.45) is 0. The number of nitrogens with zero attached hydrogens (tertiary/aromatic N) is 3. The van der Waals surface area contributed by atoms with E-state index in [0.717, 1.165) is 5.56 Å². The van der Waals surface area contributed by atoms with Crippen molar-refractivity contribution in [3.05, 3.63) is 66.4 Å². The zero-order valence-corrected chi connectivity index (χ0v) is 15.1. The van der Waals surface area contributed by atoms with Crippen molar-refractivity contribution in [1.29, 1.82) is 0 Å². The minimum Gasteiger partial charge on any atom is -0.497 e. The second-order valence-corrected chi connectivity index (χ2v) is 6.10. The number of amides is 1. The van der Waals surface area contributed by atoms with Gasteiger partial charge in [0.05, 0.1) is 24.2 Å². The molecule has 140 valence electrons. The van der Waals surface area contributed by atoms with Crippen LogP contribution in [0.15, 0.2) is 60.7 Å². The van der Waals surface area contributed by atoms with Crippen LogP contribution in [0.4, 0.5) is 5.69 Å². The first-order chi connectivity index (χ1) is 13.6. The lowest BCUT2D eigenvalue weighted by molar-refractivity contribution is 0.0947. The molecular weight excluding hydrogens is 356 g/mol. The lowest BCUT2D eigenvalue weighted by Crippen LogP contribution is -2.32. The third kappa shape index (κ3) is 2.91. The molecule has 0 saturated carbocycles. The van der Waals surface area contributed by atoms with E-state index in [1.54, 1.807) is 37.4 Å². The van der Waals surface area contributed by atoms with Gasteiger partial charge in [-0.3, -0.25) is 10.2 Å². The SMILES string of the molecule is COc1cccc(-n2nc3c(N)cc(-c4ccccc4)nc3c2C(=O)NN)c1. The van der Waals surface area contributed by atoms with Crippen LogP contribution in [0, 0.1) is 0 Å². The quantitative estimate of drug-likeness (QED) is 0.286. The molecule has 8 nitrogen and oxygen atoms in total. The molecule has 2 aromatic heterocycles. The molecule has 8 heteroatoms. The molecule has 0 bridgehead atoms. The lowest BCUT2D eigenvalue weighted by Gasteiger charge is -2.08. The maximum absolute atomic E-state index is 12.6. The van der Waals surface area contributed by atoms with E-state index in [-0.39, 0.29) is 5.69 Å². The van der Waals surface area contributed by atoms with E-state index in [2.05, 4.69) is 15.5 Å². The summed E-state index contributed by atoms with van der Waals surface area (Å²) in [6.45, 7) is 0. The van der Waals surface area contributed by atoms with Crippen molar-refractivity contribution in [2.75, 3.05) is 12.8 Å². The predicted molar refractivity (Wildman–Crippen MR) is 107 cm³/mol. The van der Waals surface area contributed by atoms with Gasteiger partial charge in [0.1, 0.15) is 16.8 Å². The average molecular weight is 374 g/mol. The number of hydrazine groups is 1. The number of methoxy groups -OCH3 is 1. The van der Waals surface area contributed by atoms with E-state index in [4.69, 9.17) is 16.3 Å². The Hall–Kier alpha value is -3.91. The predicted octanol–water partition coefficient (Wildman–Crippen LogP) is 2.28. The highest BCUT2D eigenvalue weighted by Crippen LogP contribution is 2.30. The molecule has 0 aliphatic heterocycles. The van der Waals surface area contributed by atoms with Crippen molar-refractivity contribution in [1.82, 2.24) is 20.2 Å². The molecule has 0 fully saturated rings. The van der Waals surface area contributed by atoms with Gasteiger partial charge >= 0.3 is 0 Å². The Morgan fingerprint density at radius 3 is 2.57 bits per heavy atom. The summed E-state index contributed by atoms with van der Waals surface area (Å²) >= 11 is 0. The van der Waals surface area contributed by atoms with Crippen LogP contribution in [-0.2, 0) is 0 Å². The van der Waals surface area contributed by atoms with E-state index in [1.807, 2.05) is 30.3 Å². The molecule has 0 radical (unpaired) electrons. The van der Waals surface area contributed by atoms with Crippen LogP contribution < -0.4 is 21.7 Å². The third-order valence-electron chi connectivity index (χ3n) is 4.37. The maximum atomic E-state index is 12.6. The largest absolute Gasteiger partial charge is 0.497 e. The number of hydrogen-bond donors (Lipinski definition) is 3. The topological polar surface area (TPSA) is 121 Å². The molecule has 5 N–H and O–H groups in total. The molecule has 2 heterocycles. The average Bonchev–Trinajstić information content (AvgIpc) is 3.14. The van der Waals surface area contributed by atoms with Gasteiger partial charge in [-0.1, -0.05) is 36.4 Å². The number of benzene rings is 2. The number of aromatic nitrogens is 3. The molecule has 0 aliphatic carbocycles. The Bertz CT molecular complexity index is 1170. The molecule has 0 saturated heterocycles. The summed E-state index contributed by atoms with van der Waals surface area (Å²) in [7, 11) is 1.57. The molecule has 0 aliphatic rings. The van der Waals surface area contributed by atoms with Crippen molar-refractivity contribution < 1.29 is 9.53 Å². The Balaban J connectivity index is 2.01. The minimum atomic E-state index is -0.526. The summed E-state index contributed by atoms with van der Waals surface area (Å²) in [4.78, 5) is 17.2. The first-order valence-electron chi connectivity index (χ1n) is 8.52. The minimum absolute atomic E-state index is 0.190. The van der Waals surface area contributed by atoms with Crippen molar-refractivity contribution in [3.63, 3.8) is 0 Å². The second kappa shape index (κ2) is 7.01. The molecule has 1 amide bonds. The highest BCUT2D eigenvalue weighted by molar-refractivity contribution is 6.06. The van der Waals surface area contributed by atoms with E-state index >= 15 is 0 Å². The Morgan fingerprint density at radius 1 is 1.07 bits per heavy atom. The van der Waals surface area contributed by atoms with Gasteiger partial charge in [-0.15, -0.1) is 0 Å². The highest BCUT2D eigenvalue weighted by atomic mass is 16.5. The smallest absolute Gasteiger partial charge is 0.286 e. The van der Waals surface area contributed by atoms with Crippen LogP contribution in [0.25, 0.3) is 28.0 Å². The van der Waals surface area contributed by atoms with Gasteiger partial charge in [-0.05, 0) is 18.2 Å². The normalized spacial score (nSPS) is 10.8. The number of nitrogens with one attached hydrogen (secondary N) is 1. The maximum Gasteiger partial charge on any atom is 0.286 e. The van der Waals surface area contributed by atoms with E-state index < -0.39 is 5.91 Å². The Morgan fingerprint density at radius 2 is 1.86 bits per heavy atom. The molecule has 0 unspecified atom stereocenters. The number of carbonyl (C=O) groups is 1. The van der Waals surface area contributed by atoms with Crippen LogP contribution >= 0.6 is 0 Å².